The summed E-state index contributed by atoms with van der Waals surface area (Å²) in [7, 11) is 0. The molecule has 6 heteroatoms. The minimum Gasteiger partial charge on any atom is -0.444 e. The van der Waals surface area contributed by atoms with E-state index in [0.717, 1.165) is 0 Å². The predicted molar refractivity (Wildman–Crippen MR) is 67.1 cm³/mol. The topological polar surface area (TPSA) is 29.5 Å². The monoisotopic (exact) mass is 325 g/mol. The third-order valence-corrected chi connectivity index (χ3v) is 4.30. The first-order chi connectivity index (χ1) is 8.10. The van der Waals surface area contributed by atoms with Crippen molar-refractivity contribution in [3.63, 3.8) is 0 Å². The van der Waals surface area contributed by atoms with E-state index in [4.69, 9.17) is 4.74 Å². The van der Waals surface area contributed by atoms with Crippen molar-refractivity contribution in [1.29, 1.82) is 0 Å². The minimum absolute atomic E-state index is 0.102. The van der Waals surface area contributed by atoms with E-state index in [0.29, 0.717) is 11.8 Å². The number of ether oxygens (including phenoxy) is 1. The molecule has 2 rings (SSSR count). The Labute approximate surface area is 114 Å². The maximum atomic E-state index is 13.4. The summed E-state index contributed by atoms with van der Waals surface area (Å²) in [5.41, 5.74) is -1.60. The number of hydrogen-bond acceptors (Lipinski definition) is 2. The average molecular weight is 326 g/mol. The number of likely N-dealkylation sites (tertiary alicyclic amines) is 1. The van der Waals surface area contributed by atoms with Crippen molar-refractivity contribution in [2.24, 2.45) is 5.41 Å². The summed E-state index contributed by atoms with van der Waals surface area (Å²) in [4.78, 5) is 13.4. The van der Waals surface area contributed by atoms with Gasteiger partial charge in [0.2, 0.25) is 0 Å². The highest BCUT2D eigenvalue weighted by molar-refractivity contribution is 9.09. The first-order valence-electron chi connectivity index (χ1n) is 6.04. The number of rotatable bonds is 1. The van der Waals surface area contributed by atoms with E-state index >= 15 is 0 Å². The van der Waals surface area contributed by atoms with Crippen LogP contribution in [-0.2, 0) is 4.74 Å². The molecule has 3 nitrogen and oxygen atoms in total. The fraction of sp³-hybridized carbons (Fsp3) is 0.917. The first-order valence-corrected chi connectivity index (χ1v) is 7.16. The fourth-order valence-electron chi connectivity index (χ4n) is 2.53. The van der Waals surface area contributed by atoms with Crippen LogP contribution in [0.1, 0.15) is 33.6 Å². The molecule has 2 fully saturated rings. The minimum atomic E-state index is -2.62. The van der Waals surface area contributed by atoms with Crippen molar-refractivity contribution in [3.8, 4) is 0 Å². The quantitative estimate of drug-likeness (QED) is 0.691. The summed E-state index contributed by atoms with van der Waals surface area (Å²) in [6.07, 6.45) is -0.251. The maximum absolute atomic E-state index is 13.4. The van der Waals surface area contributed by atoms with Crippen LogP contribution < -0.4 is 0 Å². The number of halogens is 3. The lowest BCUT2D eigenvalue weighted by molar-refractivity contribution is 0.0211. The van der Waals surface area contributed by atoms with Crippen molar-refractivity contribution in [1.82, 2.24) is 4.90 Å². The Morgan fingerprint density at radius 1 is 1.50 bits per heavy atom. The Morgan fingerprint density at radius 2 is 2.06 bits per heavy atom. The van der Waals surface area contributed by atoms with E-state index in [1.54, 1.807) is 20.8 Å². The lowest BCUT2D eigenvalue weighted by atomic mass is 10.0. The van der Waals surface area contributed by atoms with Gasteiger partial charge < -0.3 is 9.64 Å². The number of carbonyl (C=O) groups excluding carboxylic acids is 1. The zero-order valence-electron chi connectivity index (χ0n) is 10.8. The summed E-state index contributed by atoms with van der Waals surface area (Å²) in [6, 6.07) is -0.201. The van der Waals surface area contributed by atoms with Gasteiger partial charge >= 0.3 is 6.09 Å². The molecule has 1 saturated carbocycles. The highest BCUT2D eigenvalue weighted by atomic mass is 79.9. The van der Waals surface area contributed by atoms with E-state index in [2.05, 4.69) is 15.9 Å². The van der Waals surface area contributed by atoms with Crippen LogP contribution >= 0.6 is 15.9 Å². The Kier molecular flexibility index (Phi) is 3.16. The van der Waals surface area contributed by atoms with Gasteiger partial charge in [0.25, 0.3) is 5.92 Å². The third-order valence-electron chi connectivity index (χ3n) is 3.56. The van der Waals surface area contributed by atoms with Gasteiger partial charge in [0.05, 0.1) is 5.41 Å². The molecule has 0 radical (unpaired) electrons. The standard InChI is InChI=1S/C12H18BrF2NO2/c1-10(2,3)18-9(17)16-7-11(4-8(16)5-13)6-12(11,14)15/h8H,4-7H2,1-3H3/t8-,11-/m0/s1. The molecular weight excluding hydrogens is 308 g/mol. The van der Waals surface area contributed by atoms with Gasteiger partial charge in [0.15, 0.2) is 0 Å². The highest BCUT2D eigenvalue weighted by Crippen LogP contribution is 2.66. The van der Waals surface area contributed by atoms with Crippen molar-refractivity contribution in [2.45, 2.75) is 51.2 Å². The molecule has 1 aliphatic heterocycles. The predicted octanol–water partition coefficient (Wildman–Crippen LogP) is 3.42. The molecule has 1 aliphatic carbocycles. The van der Waals surface area contributed by atoms with Gasteiger partial charge in [-0.3, -0.25) is 0 Å². The molecule has 0 aromatic heterocycles. The van der Waals surface area contributed by atoms with Crippen LogP contribution in [0.25, 0.3) is 0 Å². The van der Waals surface area contributed by atoms with Crippen LogP contribution in [0.5, 0.6) is 0 Å². The maximum Gasteiger partial charge on any atom is 0.410 e. The highest BCUT2D eigenvalue weighted by Gasteiger charge is 2.74. The second kappa shape index (κ2) is 4.05. The van der Waals surface area contributed by atoms with Crippen molar-refractivity contribution in [2.75, 3.05) is 11.9 Å². The van der Waals surface area contributed by atoms with E-state index < -0.39 is 23.0 Å². The van der Waals surface area contributed by atoms with E-state index in [1.165, 1.54) is 4.90 Å². The summed E-state index contributed by atoms with van der Waals surface area (Å²) >= 11 is 3.29. The molecule has 18 heavy (non-hydrogen) atoms. The number of carbonyl (C=O) groups is 1. The Hall–Kier alpha value is -0.390. The van der Waals surface area contributed by atoms with E-state index in [9.17, 15) is 13.6 Å². The Morgan fingerprint density at radius 3 is 2.44 bits per heavy atom. The first kappa shape index (κ1) is 14.0. The Bertz CT molecular complexity index is 370. The SMILES string of the molecule is CC(C)(C)OC(=O)N1C[C@]2(C[C@H]1CBr)CC2(F)F. The second-order valence-electron chi connectivity index (χ2n) is 6.28. The molecule has 1 saturated heterocycles. The van der Waals surface area contributed by atoms with Gasteiger partial charge in [-0.05, 0) is 27.2 Å². The second-order valence-corrected chi connectivity index (χ2v) is 6.93. The number of alkyl halides is 3. The number of hydrogen-bond donors (Lipinski definition) is 0. The lowest BCUT2D eigenvalue weighted by Crippen LogP contribution is -2.40. The summed E-state index contributed by atoms with van der Waals surface area (Å²) in [6.45, 7) is 5.41. The number of amides is 1. The molecule has 1 amide bonds. The van der Waals surface area contributed by atoms with Crippen LogP contribution in [0.15, 0.2) is 0 Å². The molecular formula is C12H18BrF2NO2. The average Bonchev–Trinajstić information content (AvgIpc) is 2.54. The van der Waals surface area contributed by atoms with Gasteiger partial charge in [-0.15, -0.1) is 0 Å². The zero-order chi connectivity index (χ0) is 13.8. The van der Waals surface area contributed by atoms with Crippen molar-refractivity contribution >= 4 is 22.0 Å². The molecule has 0 aromatic carbocycles. The lowest BCUT2D eigenvalue weighted by Gasteiger charge is -2.27. The Balaban J connectivity index is 2.07. The van der Waals surface area contributed by atoms with Crippen LogP contribution in [-0.4, -0.2) is 40.4 Å². The molecule has 0 aromatic rings. The van der Waals surface area contributed by atoms with Crippen molar-refractivity contribution in [3.05, 3.63) is 0 Å². The molecule has 1 heterocycles. The molecule has 1 spiro atoms. The summed E-state index contributed by atoms with van der Waals surface area (Å²) < 4.78 is 32.0. The van der Waals surface area contributed by atoms with Crippen LogP contribution in [0.3, 0.4) is 0 Å². The van der Waals surface area contributed by atoms with Gasteiger partial charge in [-0.25, -0.2) is 13.6 Å². The zero-order valence-corrected chi connectivity index (χ0v) is 12.4. The fourth-order valence-corrected chi connectivity index (χ4v) is 3.11. The van der Waals surface area contributed by atoms with Gasteiger partial charge in [0.1, 0.15) is 5.60 Å². The van der Waals surface area contributed by atoms with Gasteiger partial charge in [-0.2, -0.15) is 0 Å². The van der Waals surface area contributed by atoms with Crippen LogP contribution in [0.2, 0.25) is 0 Å². The van der Waals surface area contributed by atoms with E-state index in [1.807, 2.05) is 0 Å². The van der Waals surface area contributed by atoms with Gasteiger partial charge in [-0.1, -0.05) is 15.9 Å². The molecule has 0 bridgehead atoms. The molecule has 104 valence electrons. The summed E-state index contributed by atoms with van der Waals surface area (Å²) in [5, 5.41) is 0.504. The molecule has 2 aliphatic rings. The van der Waals surface area contributed by atoms with Gasteiger partial charge in [0, 0.05) is 24.3 Å². The van der Waals surface area contributed by atoms with Crippen LogP contribution in [0, 0.1) is 5.41 Å². The summed E-state index contributed by atoms with van der Waals surface area (Å²) in [5.74, 6) is -2.62. The molecule has 0 unspecified atom stereocenters. The molecule has 0 N–H and O–H groups in total. The number of nitrogens with zero attached hydrogens (tertiary/aromatic N) is 1. The van der Waals surface area contributed by atoms with E-state index in [-0.39, 0.29) is 19.0 Å². The largest absolute Gasteiger partial charge is 0.444 e. The third kappa shape index (κ3) is 2.36. The van der Waals surface area contributed by atoms with Crippen molar-refractivity contribution < 1.29 is 18.3 Å². The smallest absolute Gasteiger partial charge is 0.410 e. The normalized spacial score (nSPS) is 33.9. The molecule has 2 atom stereocenters. The van der Waals surface area contributed by atoms with Crippen LogP contribution in [0.4, 0.5) is 13.6 Å².